The fourth-order valence-electron chi connectivity index (χ4n) is 4.37. The first-order valence-corrected chi connectivity index (χ1v) is 16.9. The first-order chi connectivity index (χ1) is 21.5. The van der Waals surface area contributed by atoms with Crippen LogP contribution in [0.5, 0.6) is 5.88 Å². The van der Waals surface area contributed by atoms with Crippen molar-refractivity contribution in [2.24, 2.45) is 10.8 Å². The van der Waals surface area contributed by atoms with Gasteiger partial charge in [0.2, 0.25) is 17.1 Å². The third-order valence-electron chi connectivity index (χ3n) is 6.81. The Kier molecular flexibility index (Phi) is 11.9. The Morgan fingerprint density at radius 2 is 1.57 bits per heavy atom. The molecule has 0 amide bonds. The van der Waals surface area contributed by atoms with Crippen LogP contribution in [0.3, 0.4) is 0 Å². The lowest BCUT2D eigenvalue weighted by Crippen LogP contribution is -2.46. The van der Waals surface area contributed by atoms with E-state index in [0.29, 0.717) is 0 Å². The van der Waals surface area contributed by atoms with E-state index >= 15 is 0 Å². The molecule has 0 aromatic carbocycles. The van der Waals surface area contributed by atoms with Gasteiger partial charge < -0.3 is 39.4 Å². The molecule has 47 heavy (non-hydrogen) atoms. The Balaban J connectivity index is 1.86. The fourth-order valence-corrected chi connectivity index (χ4v) is 6.44. The number of nitrogens with one attached hydrogen (secondary N) is 2. The van der Waals surface area contributed by atoms with Crippen molar-refractivity contribution in [3.63, 3.8) is 0 Å². The highest BCUT2D eigenvalue weighted by molar-refractivity contribution is 7.54. The molecule has 2 aromatic heterocycles. The zero-order valence-corrected chi connectivity index (χ0v) is 30.0. The van der Waals surface area contributed by atoms with Gasteiger partial charge in [-0.25, -0.2) is 15.2 Å². The summed E-state index contributed by atoms with van der Waals surface area (Å²) in [6, 6.07) is -2.31. The number of imidazole rings is 1. The first-order valence-electron chi connectivity index (χ1n) is 14.9. The monoisotopic (exact) mass is 707 g/mol. The van der Waals surface area contributed by atoms with Crippen LogP contribution in [0, 0.1) is 10.8 Å². The van der Waals surface area contributed by atoms with Gasteiger partial charge in [0.15, 0.2) is 17.4 Å². The Morgan fingerprint density at radius 3 is 2.04 bits per heavy atom. The molecule has 0 spiro atoms. The SMILES string of the molecule is COc1nc(N)nc2c1nc(Cl)n2[C@@H]1O[C@H](COP(=O)(N[C@@H](C)C(=O)OCC(C)(C)C)N[C@@H](C)C(=O)OCC(C)(C)C)[C@@H](O)[C@@]1(C)O. The average molecular weight is 708 g/mol. The number of carbonyl (C=O) groups is 2. The molecule has 0 aliphatic carbocycles. The molecule has 6 N–H and O–H groups in total. The molecular weight excluding hydrogens is 661 g/mol. The van der Waals surface area contributed by atoms with E-state index in [1.165, 1.54) is 32.4 Å². The van der Waals surface area contributed by atoms with Gasteiger partial charge in [-0.05, 0) is 43.2 Å². The number of aromatic nitrogens is 4. The second kappa shape index (κ2) is 14.5. The number of nitrogens with zero attached hydrogens (tertiary/aromatic N) is 4. The maximum atomic E-state index is 14.2. The number of esters is 2. The Hall–Kier alpha value is -2.63. The van der Waals surface area contributed by atoms with Gasteiger partial charge in [0.05, 0.1) is 26.9 Å². The van der Waals surface area contributed by atoms with Gasteiger partial charge in [-0.15, -0.1) is 0 Å². The zero-order valence-electron chi connectivity index (χ0n) is 28.4. The molecule has 1 aliphatic heterocycles. The third kappa shape index (κ3) is 9.72. The van der Waals surface area contributed by atoms with E-state index in [0.717, 1.165) is 0 Å². The molecule has 2 aromatic rings. The molecule has 1 saturated heterocycles. The minimum atomic E-state index is -4.31. The van der Waals surface area contributed by atoms with Gasteiger partial charge >= 0.3 is 19.6 Å². The number of hydrogen-bond acceptors (Lipinski definition) is 14. The minimum Gasteiger partial charge on any atom is -0.479 e. The smallest absolute Gasteiger partial charge is 0.342 e. The maximum Gasteiger partial charge on any atom is 0.342 e. The van der Waals surface area contributed by atoms with Crippen molar-refractivity contribution < 1.29 is 47.8 Å². The average Bonchev–Trinajstić information content (AvgIpc) is 3.38. The molecule has 17 nitrogen and oxygen atoms in total. The van der Waals surface area contributed by atoms with Crippen LogP contribution >= 0.6 is 19.3 Å². The van der Waals surface area contributed by atoms with Gasteiger partial charge in [0, 0.05) is 0 Å². The Bertz CT molecular complexity index is 1450. The predicted octanol–water partition coefficient (Wildman–Crippen LogP) is 2.34. The number of anilines is 1. The van der Waals surface area contributed by atoms with Gasteiger partial charge in [-0.3, -0.25) is 18.7 Å². The highest BCUT2D eigenvalue weighted by Crippen LogP contribution is 2.45. The molecule has 0 radical (unpaired) electrons. The van der Waals surface area contributed by atoms with Gasteiger partial charge in [0.1, 0.15) is 29.9 Å². The van der Waals surface area contributed by atoms with Gasteiger partial charge in [-0.2, -0.15) is 9.97 Å². The largest absolute Gasteiger partial charge is 0.479 e. The summed E-state index contributed by atoms with van der Waals surface area (Å²) in [6.07, 6.45) is -4.33. The van der Waals surface area contributed by atoms with Gasteiger partial charge in [-0.1, -0.05) is 41.5 Å². The van der Waals surface area contributed by atoms with E-state index in [1.807, 2.05) is 41.5 Å². The number of hydrogen-bond donors (Lipinski definition) is 5. The molecular formula is C28H47ClN7O10P. The highest BCUT2D eigenvalue weighted by atomic mass is 35.5. The molecule has 0 bridgehead atoms. The normalized spacial score (nSPS) is 23.5. The van der Waals surface area contributed by atoms with Crippen molar-refractivity contribution in [2.45, 2.75) is 98.4 Å². The minimum absolute atomic E-state index is 0.0228. The molecule has 266 valence electrons. The number of aliphatic hydroxyl groups excluding tert-OH is 1. The summed E-state index contributed by atoms with van der Waals surface area (Å²) in [5.41, 5.74) is 3.34. The van der Waals surface area contributed by atoms with Crippen LogP contribution in [0.25, 0.3) is 11.2 Å². The fraction of sp³-hybridized carbons (Fsp3) is 0.750. The predicted molar refractivity (Wildman–Crippen MR) is 171 cm³/mol. The van der Waals surface area contributed by atoms with E-state index in [9.17, 15) is 24.4 Å². The molecule has 6 atom stereocenters. The number of ether oxygens (including phenoxy) is 4. The third-order valence-corrected chi connectivity index (χ3v) is 9.05. The van der Waals surface area contributed by atoms with E-state index in [4.69, 9.17) is 40.8 Å². The van der Waals surface area contributed by atoms with E-state index in [2.05, 4.69) is 25.1 Å². The topological polar surface area (TPSA) is 231 Å². The number of rotatable bonds is 13. The van der Waals surface area contributed by atoms with Crippen molar-refractivity contribution in [1.29, 1.82) is 0 Å². The number of carbonyl (C=O) groups excluding carboxylic acids is 2. The lowest BCUT2D eigenvalue weighted by molar-refractivity contribution is -0.148. The Labute approximate surface area is 278 Å². The number of nitrogens with two attached hydrogens (primary N) is 1. The Morgan fingerprint density at radius 1 is 1.06 bits per heavy atom. The summed E-state index contributed by atoms with van der Waals surface area (Å²) >= 11 is 6.41. The van der Waals surface area contributed by atoms with E-state index in [1.54, 1.807) is 0 Å². The highest BCUT2D eigenvalue weighted by Gasteiger charge is 2.55. The molecule has 0 saturated carbocycles. The molecule has 19 heteroatoms. The van der Waals surface area contributed by atoms with Crippen molar-refractivity contribution in [1.82, 2.24) is 29.7 Å². The van der Waals surface area contributed by atoms with Crippen LogP contribution in [0.2, 0.25) is 5.28 Å². The quantitative estimate of drug-likeness (QED) is 0.114. The van der Waals surface area contributed by atoms with Crippen molar-refractivity contribution in [3.8, 4) is 5.88 Å². The zero-order chi connectivity index (χ0) is 35.7. The first kappa shape index (κ1) is 38.8. The summed E-state index contributed by atoms with van der Waals surface area (Å²) < 4.78 is 43.0. The van der Waals surface area contributed by atoms with Crippen LogP contribution in [0.1, 0.15) is 68.5 Å². The van der Waals surface area contributed by atoms with Crippen LogP contribution < -0.4 is 20.6 Å². The van der Waals surface area contributed by atoms with Crippen LogP contribution in [0.15, 0.2) is 0 Å². The summed E-state index contributed by atoms with van der Waals surface area (Å²) in [5.74, 6) is -1.58. The van der Waals surface area contributed by atoms with Crippen molar-refractivity contribution in [3.05, 3.63) is 5.28 Å². The molecule has 3 rings (SSSR count). The number of nitrogen functional groups attached to an aromatic ring is 1. The summed E-state index contributed by atoms with van der Waals surface area (Å²) in [7, 11) is -2.96. The lowest BCUT2D eigenvalue weighted by atomic mass is 9.96. The molecule has 3 heterocycles. The molecule has 1 fully saturated rings. The second-order valence-corrected chi connectivity index (χ2v) is 16.3. The summed E-state index contributed by atoms with van der Waals surface area (Å²) in [6.45, 7) is 15.0. The van der Waals surface area contributed by atoms with E-state index in [-0.39, 0.29) is 52.3 Å². The number of fused-ring (bicyclic) bond motifs is 1. The van der Waals surface area contributed by atoms with E-state index < -0.39 is 62.3 Å². The summed E-state index contributed by atoms with van der Waals surface area (Å²) in [5, 5.41) is 27.5. The standard InChI is InChI=1S/C28H47ClN7O10P/c1-14(21(38)43-12-26(3,4)5)34-47(41,35-15(2)22(39)44-13-27(6,7)8)45-11-16-18(37)28(9,40)23(46-16)36-19-17(31-24(36)29)20(42-10)33-25(30)32-19/h14-16,18,23,37,40H,11-13H2,1-10H3,(H2,30,32,33)(H2,34,35,41)/t14-,15-,16+,18+,23+,28+/m0/s1. The van der Waals surface area contributed by atoms with Crippen LogP contribution in [0.4, 0.5) is 5.95 Å². The summed E-state index contributed by atoms with van der Waals surface area (Å²) in [4.78, 5) is 37.8. The number of aliphatic hydroxyl groups is 2. The number of halogens is 1. The second-order valence-electron chi connectivity index (χ2n) is 14.1. The maximum absolute atomic E-state index is 14.2. The van der Waals surface area contributed by atoms with Crippen LogP contribution in [-0.2, 0) is 32.9 Å². The van der Waals surface area contributed by atoms with Crippen LogP contribution in [-0.4, -0.2) is 98.5 Å². The molecule has 0 unspecified atom stereocenters. The van der Waals surface area contributed by atoms with Gasteiger partial charge in [0.25, 0.3) is 0 Å². The lowest BCUT2D eigenvalue weighted by Gasteiger charge is -2.28. The van der Waals surface area contributed by atoms with Crippen molar-refractivity contribution in [2.75, 3.05) is 32.7 Å². The number of methoxy groups -OCH3 is 1. The molecule has 1 aliphatic rings. The van der Waals surface area contributed by atoms with Crippen molar-refractivity contribution >= 4 is 48.3 Å².